The number of hydrogen-bond donors (Lipinski definition) is 0. The van der Waals surface area contributed by atoms with Gasteiger partial charge in [-0.3, -0.25) is 0 Å². The molecular weight excluding hydrogens is 203 g/mol. The molecule has 0 bridgehead atoms. The predicted molar refractivity (Wildman–Crippen MR) is 80.5 cm³/mol. The van der Waals surface area contributed by atoms with Gasteiger partial charge in [0.25, 0.3) is 0 Å². The van der Waals surface area contributed by atoms with Crippen LogP contribution in [0.3, 0.4) is 0 Å². The minimum atomic E-state index is 1.04. The van der Waals surface area contributed by atoms with Gasteiger partial charge >= 0.3 is 0 Å². The maximum absolute atomic E-state index is 2.22. The molecule has 0 spiro atoms. The Labute approximate surface area is 106 Å². The average Bonchev–Trinajstić information content (AvgIpc) is 2.61. The Balaban J connectivity index is 3.28. The fourth-order valence-corrected chi connectivity index (χ4v) is 2.17. The van der Waals surface area contributed by atoms with Crippen molar-refractivity contribution in [1.29, 1.82) is 0 Å². The first-order valence-electron chi connectivity index (χ1n) is 6.25. The van der Waals surface area contributed by atoms with Crippen molar-refractivity contribution in [1.82, 2.24) is 0 Å². The third-order valence-corrected chi connectivity index (χ3v) is 2.77. The topological polar surface area (TPSA) is 0 Å². The predicted octanol–water partition coefficient (Wildman–Crippen LogP) is 4.25. The van der Waals surface area contributed by atoms with Crippen molar-refractivity contribution in [2.75, 3.05) is 0 Å². The second kappa shape index (κ2) is 6.95. The van der Waals surface area contributed by atoms with Crippen molar-refractivity contribution < 1.29 is 0 Å². The van der Waals surface area contributed by atoms with Gasteiger partial charge in [-0.15, -0.1) is 0 Å². The van der Waals surface area contributed by atoms with E-state index in [4.69, 9.17) is 0 Å². The monoisotopic (exact) mass is 224 g/mol. The molecule has 0 aromatic rings. The van der Waals surface area contributed by atoms with E-state index in [0.717, 1.165) is 7.28 Å². The van der Waals surface area contributed by atoms with E-state index >= 15 is 0 Å². The van der Waals surface area contributed by atoms with Crippen molar-refractivity contribution in [3.8, 4) is 0 Å². The molecule has 1 aliphatic heterocycles. The van der Waals surface area contributed by atoms with Gasteiger partial charge in [-0.25, -0.2) is 0 Å². The molecule has 0 nitrogen and oxygen atoms in total. The number of allylic oxidation sites excluding steroid dienone is 12. The number of rotatable bonds is 4. The van der Waals surface area contributed by atoms with Gasteiger partial charge in [-0.1, -0.05) is 59.6 Å². The maximum Gasteiger partial charge on any atom is 0.193 e. The molecule has 1 heterocycles. The zero-order chi connectivity index (χ0) is 12.7. The van der Waals surface area contributed by atoms with Crippen LogP contribution in [-0.2, 0) is 0 Å². The highest BCUT2D eigenvalue weighted by Gasteiger charge is 2.18. The first-order valence-corrected chi connectivity index (χ1v) is 6.25. The van der Waals surface area contributed by atoms with Gasteiger partial charge < -0.3 is 0 Å². The first-order chi connectivity index (χ1) is 8.28. The van der Waals surface area contributed by atoms with Crippen LogP contribution in [0, 0.1) is 0 Å². The smallest absolute Gasteiger partial charge is 0.0882 e. The van der Waals surface area contributed by atoms with Crippen LogP contribution in [0.25, 0.3) is 0 Å². The molecule has 0 N–H and O–H groups in total. The Morgan fingerprint density at radius 1 is 0.588 bits per heavy atom. The summed E-state index contributed by atoms with van der Waals surface area (Å²) in [6.45, 7) is 8.29. The molecule has 1 aliphatic rings. The lowest BCUT2D eigenvalue weighted by atomic mass is 9.65. The van der Waals surface area contributed by atoms with Crippen LogP contribution in [-0.4, -0.2) is 7.28 Å². The molecule has 17 heavy (non-hydrogen) atoms. The van der Waals surface area contributed by atoms with E-state index in [1.165, 1.54) is 22.1 Å². The highest BCUT2D eigenvalue weighted by atomic mass is 14.1. The Kier molecular flexibility index (Phi) is 5.55. The normalized spacial score (nSPS) is 17.6. The second-order valence-corrected chi connectivity index (χ2v) is 4.05. The van der Waals surface area contributed by atoms with Crippen LogP contribution >= 0.6 is 0 Å². The lowest BCUT2D eigenvalue weighted by Crippen LogP contribution is -1.92. The maximum atomic E-state index is 2.22. The van der Waals surface area contributed by atoms with E-state index in [9.17, 15) is 0 Å². The third kappa shape index (κ3) is 3.23. The van der Waals surface area contributed by atoms with Crippen molar-refractivity contribution >= 4 is 7.28 Å². The zero-order valence-electron chi connectivity index (χ0n) is 11.3. The summed E-state index contributed by atoms with van der Waals surface area (Å²) in [6.07, 6.45) is 17.3. The van der Waals surface area contributed by atoms with Gasteiger partial charge in [0, 0.05) is 0 Å². The van der Waals surface area contributed by atoms with E-state index in [2.05, 4.69) is 76.3 Å². The summed E-state index contributed by atoms with van der Waals surface area (Å²) in [7, 11) is 1.04. The van der Waals surface area contributed by atoms with Crippen LogP contribution in [0.5, 0.6) is 0 Å². The Hall–Kier alpha value is -1.50. The fourth-order valence-electron chi connectivity index (χ4n) is 2.17. The van der Waals surface area contributed by atoms with Crippen LogP contribution in [0.1, 0.15) is 27.7 Å². The molecule has 0 unspecified atom stereocenters. The van der Waals surface area contributed by atoms with Gasteiger partial charge in [0.2, 0.25) is 0 Å². The number of hydrogen-bond acceptors (Lipinski definition) is 0. The molecule has 0 atom stereocenters. The van der Waals surface area contributed by atoms with E-state index < -0.39 is 0 Å². The van der Waals surface area contributed by atoms with E-state index in [-0.39, 0.29) is 0 Å². The van der Waals surface area contributed by atoms with Gasteiger partial charge in [-0.05, 0) is 38.8 Å². The summed E-state index contributed by atoms with van der Waals surface area (Å²) in [4.78, 5) is 0. The second-order valence-electron chi connectivity index (χ2n) is 4.05. The van der Waals surface area contributed by atoms with Crippen LogP contribution in [0.15, 0.2) is 70.7 Å². The Bertz CT molecular complexity index is 398. The largest absolute Gasteiger partial charge is 0.193 e. The molecule has 0 saturated carbocycles. The van der Waals surface area contributed by atoms with Gasteiger partial charge in [0.15, 0.2) is 7.28 Å². The Morgan fingerprint density at radius 3 is 1.24 bits per heavy atom. The fraction of sp³-hybridized carbons (Fsp3) is 0.250. The highest BCUT2D eigenvalue weighted by molar-refractivity contribution is 6.58. The van der Waals surface area contributed by atoms with Crippen molar-refractivity contribution in [2.45, 2.75) is 27.7 Å². The van der Waals surface area contributed by atoms with Gasteiger partial charge in [0.1, 0.15) is 0 Å². The van der Waals surface area contributed by atoms with Crippen molar-refractivity contribution in [2.24, 2.45) is 0 Å². The standard InChI is InChI=1S/C16H21B/c1-5-9-13-14(10-6-2)16(12-8-4)17-15(13)11-7-3/h5-12,17H,1-4H3/b9-5-,10-6-,11-7-,12-8-. The summed E-state index contributed by atoms with van der Waals surface area (Å²) >= 11 is 0. The SMILES string of the molecule is C/C=C\C1=C(/C=C\C)C(/C=C\C)=C(/C=C\C)B1. The summed E-state index contributed by atoms with van der Waals surface area (Å²) in [5, 5.41) is 0. The zero-order valence-corrected chi connectivity index (χ0v) is 11.3. The Morgan fingerprint density at radius 2 is 0.941 bits per heavy atom. The average molecular weight is 224 g/mol. The summed E-state index contributed by atoms with van der Waals surface area (Å²) in [6, 6.07) is 0. The first kappa shape index (κ1) is 13.6. The summed E-state index contributed by atoms with van der Waals surface area (Å²) in [5.41, 5.74) is 5.53. The minimum absolute atomic E-state index is 1.04. The third-order valence-electron chi connectivity index (χ3n) is 2.77. The highest BCUT2D eigenvalue weighted by Crippen LogP contribution is 2.30. The lowest BCUT2D eigenvalue weighted by molar-refractivity contribution is 1.50. The summed E-state index contributed by atoms with van der Waals surface area (Å²) in [5.74, 6) is 0. The van der Waals surface area contributed by atoms with Gasteiger partial charge in [-0.2, -0.15) is 0 Å². The van der Waals surface area contributed by atoms with Crippen molar-refractivity contribution in [3.05, 3.63) is 70.7 Å². The molecule has 0 amide bonds. The molecule has 0 aromatic heterocycles. The van der Waals surface area contributed by atoms with Crippen LogP contribution < -0.4 is 0 Å². The molecule has 0 radical (unpaired) electrons. The molecule has 0 saturated heterocycles. The summed E-state index contributed by atoms with van der Waals surface area (Å²) < 4.78 is 0. The van der Waals surface area contributed by atoms with E-state index in [1.807, 2.05) is 0 Å². The minimum Gasteiger partial charge on any atom is -0.0882 e. The van der Waals surface area contributed by atoms with Crippen LogP contribution in [0.2, 0.25) is 0 Å². The molecule has 1 heteroatoms. The van der Waals surface area contributed by atoms with Crippen molar-refractivity contribution in [3.63, 3.8) is 0 Å². The van der Waals surface area contributed by atoms with Gasteiger partial charge in [0.05, 0.1) is 0 Å². The van der Waals surface area contributed by atoms with E-state index in [1.54, 1.807) is 0 Å². The van der Waals surface area contributed by atoms with E-state index in [0.29, 0.717) is 0 Å². The molecule has 1 rings (SSSR count). The molecule has 0 aromatic carbocycles. The molecule has 0 fully saturated rings. The molecule has 88 valence electrons. The molecular formula is C16H21B. The van der Waals surface area contributed by atoms with Crippen LogP contribution in [0.4, 0.5) is 0 Å². The lowest BCUT2D eigenvalue weighted by Gasteiger charge is -2.02. The molecule has 0 aliphatic carbocycles. The quantitative estimate of drug-likeness (QED) is 0.626.